The van der Waals surface area contributed by atoms with Crippen LogP contribution in [0.4, 0.5) is 4.79 Å². The van der Waals surface area contributed by atoms with Gasteiger partial charge in [0.15, 0.2) is 0 Å². The van der Waals surface area contributed by atoms with Crippen molar-refractivity contribution in [3.8, 4) is 0 Å². The Bertz CT molecular complexity index is 976. The van der Waals surface area contributed by atoms with Crippen LogP contribution in [0.2, 0.25) is 0 Å². The van der Waals surface area contributed by atoms with Crippen LogP contribution in [0.15, 0.2) is 42.9 Å². The monoisotopic (exact) mass is 500 g/mol. The van der Waals surface area contributed by atoms with Crippen molar-refractivity contribution in [1.82, 2.24) is 19.8 Å². The summed E-state index contributed by atoms with van der Waals surface area (Å²) in [7, 11) is 1.39. The molecule has 1 amide bonds. The van der Waals surface area contributed by atoms with Crippen LogP contribution in [0, 0.1) is 5.92 Å². The van der Waals surface area contributed by atoms with E-state index in [-0.39, 0.29) is 31.1 Å². The van der Waals surface area contributed by atoms with Crippen molar-refractivity contribution in [3.63, 3.8) is 0 Å². The van der Waals surface area contributed by atoms with E-state index in [4.69, 9.17) is 14.2 Å². The third-order valence-electron chi connectivity index (χ3n) is 6.42. The van der Waals surface area contributed by atoms with Crippen LogP contribution >= 0.6 is 0 Å². The number of imidazole rings is 1. The van der Waals surface area contributed by atoms with E-state index in [1.165, 1.54) is 7.11 Å². The first-order chi connectivity index (χ1) is 17.2. The number of rotatable bonds is 12. The quantitative estimate of drug-likeness (QED) is 0.435. The predicted molar refractivity (Wildman–Crippen MR) is 136 cm³/mol. The van der Waals surface area contributed by atoms with E-state index in [0.29, 0.717) is 25.5 Å². The molecule has 2 heterocycles. The van der Waals surface area contributed by atoms with Crippen molar-refractivity contribution in [2.24, 2.45) is 5.92 Å². The molecular weight excluding hydrogens is 460 g/mol. The van der Waals surface area contributed by atoms with Crippen LogP contribution in [0.25, 0.3) is 0 Å². The van der Waals surface area contributed by atoms with Gasteiger partial charge in [0.25, 0.3) is 0 Å². The molecule has 1 N–H and O–H groups in total. The summed E-state index contributed by atoms with van der Waals surface area (Å²) in [5.74, 6) is 0.292. The summed E-state index contributed by atoms with van der Waals surface area (Å²) < 4.78 is 18.5. The maximum absolute atomic E-state index is 13.0. The average molecular weight is 501 g/mol. The number of aromatic nitrogens is 2. The number of hydrogen-bond acceptors (Lipinski definition) is 7. The van der Waals surface area contributed by atoms with Gasteiger partial charge >= 0.3 is 12.1 Å². The minimum Gasteiger partial charge on any atom is -0.469 e. The van der Waals surface area contributed by atoms with E-state index in [0.717, 1.165) is 24.2 Å². The Morgan fingerprint density at radius 3 is 2.69 bits per heavy atom. The van der Waals surface area contributed by atoms with Crippen LogP contribution in [0.1, 0.15) is 64.3 Å². The number of amides is 1. The van der Waals surface area contributed by atoms with Gasteiger partial charge in [-0.05, 0) is 44.7 Å². The summed E-state index contributed by atoms with van der Waals surface area (Å²) in [4.78, 5) is 31.3. The Morgan fingerprint density at radius 1 is 1.25 bits per heavy atom. The summed E-state index contributed by atoms with van der Waals surface area (Å²) in [6.45, 7) is 10.2. The first-order valence-corrected chi connectivity index (χ1v) is 12.7. The third kappa shape index (κ3) is 7.80. The number of hydrogen-bond donors (Lipinski definition) is 1. The summed E-state index contributed by atoms with van der Waals surface area (Å²) in [6.07, 6.45) is 5.25. The van der Waals surface area contributed by atoms with E-state index >= 15 is 0 Å². The van der Waals surface area contributed by atoms with Crippen molar-refractivity contribution in [3.05, 3.63) is 54.1 Å². The fourth-order valence-corrected chi connectivity index (χ4v) is 4.30. The molecule has 1 fully saturated rings. The van der Waals surface area contributed by atoms with E-state index in [1.807, 2.05) is 56.7 Å². The van der Waals surface area contributed by atoms with Crippen LogP contribution in [-0.2, 0) is 32.2 Å². The highest BCUT2D eigenvalue weighted by Crippen LogP contribution is 2.30. The minimum absolute atomic E-state index is 0.154. The Hall–Kier alpha value is -2.91. The molecule has 0 bridgehead atoms. The lowest BCUT2D eigenvalue weighted by Crippen LogP contribution is -2.48. The van der Waals surface area contributed by atoms with E-state index < -0.39 is 11.8 Å². The highest BCUT2D eigenvalue weighted by atomic mass is 16.6. The number of esters is 1. The highest BCUT2D eigenvalue weighted by Gasteiger charge is 2.44. The number of nitrogens with zero attached hydrogens (tertiary/aromatic N) is 3. The van der Waals surface area contributed by atoms with Gasteiger partial charge in [-0.1, -0.05) is 44.2 Å². The fraction of sp³-hybridized carbons (Fsp3) is 0.593. The normalized spacial score (nSPS) is 17.8. The number of aryl methyl sites for hydroxylation is 1. The molecule has 0 aliphatic carbocycles. The first kappa shape index (κ1) is 27.7. The number of nitrogens with one attached hydrogen (secondary N) is 1. The van der Waals surface area contributed by atoms with Gasteiger partial charge in [-0.3, -0.25) is 9.69 Å². The van der Waals surface area contributed by atoms with Gasteiger partial charge in [-0.25, -0.2) is 9.78 Å². The summed E-state index contributed by atoms with van der Waals surface area (Å²) in [5.41, 5.74) is 0.964. The summed E-state index contributed by atoms with van der Waals surface area (Å²) in [5, 5.41) is 3.44. The van der Waals surface area contributed by atoms with Crippen molar-refractivity contribution in [1.29, 1.82) is 0 Å². The molecule has 36 heavy (non-hydrogen) atoms. The summed E-state index contributed by atoms with van der Waals surface area (Å²) >= 11 is 0. The molecule has 9 nitrogen and oxygen atoms in total. The third-order valence-corrected chi connectivity index (χ3v) is 6.42. The molecule has 1 saturated heterocycles. The minimum atomic E-state index is -0.765. The molecule has 3 rings (SSSR count). The molecule has 0 spiro atoms. The van der Waals surface area contributed by atoms with Crippen molar-refractivity contribution >= 4 is 12.1 Å². The molecule has 1 aromatic carbocycles. The van der Waals surface area contributed by atoms with Gasteiger partial charge in [0.05, 0.1) is 44.2 Å². The maximum atomic E-state index is 13.0. The van der Waals surface area contributed by atoms with Gasteiger partial charge in [-0.15, -0.1) is 0 Å². The van der Waals surface area contributed by atoms with Gasteiger partial charge in [0.2, 0.25) is 0 Å². The second-order valence-electron chi connectivity index (χ2n) is 10.1. The molecule has 0 radical (unpaired) electrons. The van der Waals surface area contributed by atoms with Crippen LogP contribution in [0.5, 0.6) is 0 Å². The van der Waals surface area contributed by atoms with E-state index in [2.05, 4.69) is 28.7 Å². The smallest absolute Gasteiger partial charge is 0.412 e. The van der Waals surface area contributed by atoms with E-state index in [1.54, 1.807) is 4.90 Å². The second kappa shape index (κ2) is 12.9. The number of benzene rings is 1. The molecule has 1 aliphatic heterocycles. The lowest BCUT2D eigenvalue weighted by molar-refractivity contribution is -0.141. The second-order valence-corrected chi connectivity index (χ2v) is 10.1. The zero-order chi connectivity index (χ0) is 26.1. The standard InChI is InChI=1S/C27H40N4O5/c1-20(2)12-14-30-16-24(29-19-30)23(15-25(32)34-5)28-13-11-22-18-36-27(3,4)31(22)26(33)35-17-21-9-7-6-8-10-21/h6-10,16,19-20,22-23,28H,11-15,17-18H2,1-5H3/t22-,23-/m0/s1. The zero-order valence-electron chi connectivity index (χ0n) is 22.1. The Labute approximate surface area is 214 Å². The van der Waals surface area contributed by atoms with Crippen molar-refractivity contribution < 1.29 is 23.8 Å². The molecule has 9 heteroatoms. The van der Waals surface area contributed by atoms with Crippen LogP contribution in [0.3, 0.4) is 0 Å². The van der Waals surface area contributed by atoms with Crippen molar-refractivity contribution in [2.75, 3.05) is 20.3 Å². The number of carbonyl (C=O) groups excluding carboxylic acids is 2. The SMILES string of the molecule is COC(=O)C[C@H](NCC[C@H]1COC(C)(C)N1C(=O)OCc1ccccc1)c1cn(CCC(C)C)cn1. The zero-order valence-corrected chi connectivity index (χ0v) is 22.1. The van der Waals surface area contributed by atoms with Gasteiger partial charge < -0.3 is 24.1 Å². The maximum Gasteiger partial charge on any atom is 0.412 e. The molecule has 0 saturated carbocycles. The molecule has 2 aromatic rings. The van der Waals surface area contributed by atoms with Crippen molar-refractivity contribution in [2.45, 2.75) is 77.9 Å². The Kier molecular flexibility index (Phi) is 9.89. The Balaban J connectivity index is 1.59. The molecule has 0 unspecified atom stereocenters. The fourth-order valence-electron chi connectivity index (χ4n) is 4.30. The predicted octanol–water partition coefficient (Wildman–Crippen LogP) is 4.29. The first-order valence-electron chi connectivity index (χ1n) is 12.7. The largest absolute Gasteiger partial charge is 0.469 e. The highest BCUT2D eigenvalue weighted by molar-refractivity contribution is 5.70. The van der Waals surface area contributed by atoms with Gasteiger partial charge in [-0.2, -0.15) is 0 Å². The Morgan fingerprint density at radius 2 is 2.00 bits per heavy atom. The molecule has 1 aromatic heterocycles. The topological polar surface area (TPSA) is 94.9 Å². The lowest BCUT2D eigenvalue weighted by Gasteiger charge is -2.33. The molecule has 198 valence electrons. The number of ether oxygens (including phenoxy) is 3. The average Bonchev–Trinajstić information content (AvgIpc) is 3.45. The van der Waals surface area contributed by atoms with Gasteiger partial charge in [0, 0.05) is 12.7 Å². The van der Waals surface area contributed by atoms with Crippen LogP contribution < -0.4 is 5.32 Å². The van der Waals surface area contributed by atoms with E-state index in [9.17, 15) is 9.59 Å². The molecular formula is C27H40N4O5. The van der Waals surface area contributed by atoms with Gasteiger partial charge in [0.1, 0.15) is 12.3 Å². The number of methoxy groups -OCH3 is 1. The van der Waals surface area contributed by atoms with Crippen LogP contribution in [-0.4, -0.2) is 58.5 Å². The summed E-state index contributed by atoms with van der Waals surface area (Å²) in [6, 6.07) is 9.16. The lowest BCUT2D eigenvalue weighted by atomic mass is 10.1. The molecule has 2 atom stereocenters. The number of carbonyl (C=O) groups is 2. The molecule has 1 aliphatic rings.